The van der Waals surface area contributed by atoms with E-state index < -0.39 is 35.6 Å². The van der Waals surface area contributed by atoms with Crippen molar-refractivity contribution in [2.24, 2.45) is 0 Å². The summed E-state index contributed by atoms with van der Waals surface area (Å²) in [6, 6.07) is 13.7. The fourth-order valence-corrected chi connectivity index (χ4v) is 4.03. The number of rotatable bonds is 12. The van der Waals surface area contributed by atoms with Crippen LogP contribution in [-0.4, -0.2) is 51.9 Å². The lowest BCUT2D eigenvalue weighted by Crippen LogP contribution is -2.54. The summed E-state index contributed by atoms with van der Waals surface area (Å²) in [7, 11) is 0. The lowest BCUT2D eigenvalue weighted by Gasteiger charge is -2.34. The molecule has 9 heteroatoms. The number of unbranched alkanes of at least 4 members (excludes halogenated alkanes) is 2. The van der Waals surface area contributed by atoms with Crippen LogP contribution in [0.1, 0.15) is 64.1 Å². The molecule has 0 fully saturated rings. The smallest absolute Gasteiger partial charge is 0.408 e. The Morgan fingerprint density at radius 1 is 1.03 bits per heavy atom. The number of benzene rings is 2. The van der Waals surface area contributed by atoms with Crippen molar-refractivity contribution in [2.75, 3.05) is 12.3 Å². The second-order valence-electron chi connectivity index (χ2n) is 9.78. The van der Waals surface area contributed by atoms with Crippen molar-refractivity contribution in [3.63, 3.8) is 0 Å². The van der Waals surface area contributed by atoms with E-state index in [1.165, 1.54) is 11.0 Å². The zero-order chi connectivity index (χ0) is 27.4. The monoisotopic (exact) mass is 529 g/mol. The van der Waals surface area contributed by atoms with E-state index in [1.807, 2.05) is 37.3 Å². The molecule has 0 aliphatic heterocycles. The number of thiol groups is 1. The summed E-state index contributed by atoms with van der Waals surface area (Å²) in [5.74, 6) is -1.02. The van der Waals surface area contributed by atoms with E-state index in [0.717, 1.165) is 18.4 Å². The predicted octanol–water partition coefficient (Wildman–Crippen LogP) is 4.59. The van der Waals surface area contributed by atoms with Crippen LogP contribution in [0.4, 0.5) is 4.79 Å². The van der Waals surface area contributed by atoms with Crippen molar-refractivity contribution in [3.05, 3.63) is 65.7 Å². The van der Waals surface area contributed by atoms with E-state index in [2.05, 4.69) is 23.3 Å². The summed E-state index contributed by atoms with van der Waals surface area (Å²) >= 11 is 4.29. The lowest BCUT2D eigenvalue weighted by molar-refractivity contribution is -0.142. The van der Waals surface area contributed by atoms with Crippen molar-refractivity contribution in [1.82, 2.24) is 15.5 Å². The van der Waals surface area contributed by atoms with Crippen LogP contribution in [0.15, 0.2) is 54.6 Å². The first-order valence-electron chi connectivity index (χ1n) is 12.6. The van der Waals surface area contributed by atoms with Gasteiger partial charge >= 0.3 is 6.09 Å². The first kappa shape index (κ1) is 30.0. The molecule has 0 heterocycles. The summed E-state index contributed by atoms with van der Waals surface area (Å²) in [6.07, 6.45) is 1.65. The number of para-hydroxylation sites is 1. The molecule has 0 saturated heterocycles. The number of hydrogen-bond acceptors (Lipinski definition) is 6. The number of phenolic OH excluding ortho intramolecular Hbond substituents is 1. The molecule has 2 atom stereocenters. The van der Waals surface area contributed by atoms with Crippen LogP contribution >= 0.6 is 12.6 Å². The van der Waals surface area contributed by atoms with Crippen LogP contribution in [0.2, 0.25) is 0 Å². The van der Waals surface area contributed by atoms with Crippen LogP contribution in [0, 0.1) is 0 Å². The number of aromatic hydroxyl groups is 1. The number of carbonyl (C=O) groups excluding carboxylic acids is 3. The molecule has 0 spiro atoms. The van der Waals surface area contributed by atoms with Gasteiger partial charge in [-0.3, -0.25) is 9.59 Å². The zero-order valence-electron chi connectivity index (χ0n) is 22.1. The number of hydrogen-bond donors (Lipinski definition) is 4. The molecule has 2 rings (SSSR count). The van der Waals surface area contributed by atoms with E-state index in [9.17, 15) is 19.5 Å². The van der Waals surface area contributed by atoms with Gasteiger partial charge in [-0.15, -0.1) is 0 Å². The number of nitrogens with zero attached hydrogens (tertiary/aromatic N) is 1. The molecule has 0 aromatic heterocycles. The van der Waals surface area contributed by atoms with Crippen molar-refractivity contribution >= 4 is 30.5 Å². The minimum absolute atomic E-state index is 0.00147. The van der Waals surface area contributed by atoms with Gasteiger partial charge in [0.05, 0.1) is 0 Å². The number of nitrogens with one attached hydrogen (secondary N) is 2. The first-order valence-corrected chi connectivity index (χ1v) is 13.2. The van der Waals surface area contributed by atoms with Crippen molar-refractivity contribution in [2.45, 2.75) is 71.2 Å². The Hall–Kier alpha value is -3.20. The molecule has 2 aromatic rings. The van der Waals surface area contributed by atoms with Gasteiger partial charge < -0.3 is 25.4 Å². The fraction of sp³-hybridized carbons (Fsp3) is 0.464. The van der Waals surface area contributed by atoms with Crippen LogP contribution in [0.25, 0.3) is 0 Å². The Morgan fingerprint density at radius 3 is 2.27 bits per heavy atom. The summed E-state index contributed by atoms with van der Waals surface area (Å²) in [5, 5.41) is 16.2. The van der Waals surface area contributed by atoms with E-state index in [1.54, 1.807) is 39.0 Å². The van der Waals surface area contributed by atoms with Crippen LogP contribution in [0.3, 0.4) is 0 Å². The number of carbonyl (C=O) groups is 3. The number of phenols is 1. The Labute approximate surface area is 225 Å². The molecule has 0 radical (unpaired) electrons. The van der Waals surface area contributed by atoms with Gasteiger partial charge in [0.1, 0.15) is 23.4 Å². The third-order valence-electron chi connectivity index (χ3n) is 5.56. The molecular formula is C28H39N3O5S. The molecule has 202 valence electrons. The number of alkyl carbamates (subject to hydrolysis) is 1. The SMILES string of the molecule is CCCCCN(C(=O)C(CS)NC(=O)OC(C)(C)C)C(C(=O)NCc1ccccc1)c1ccccc1O. The average molecular weight is 530 g/mol. The van der Waals surface area contributed by atoms with Gasteiger partial charge in [-0.05, 0) is 38.8 Å². The largest absolute Gasteiger partial charge is 0.508 e. The van der Waals surface area contributed by atoms with Gasteiger partial charge in [-0.2, -0.15) is 12.6 Å². The normalized spacial score (nSPS) is 12.8. The average Bonchev–Trinajstić information content (AvgIpc) is 2.85. The topological polar surface area (TPSA) is 108 Å². The van der Waals surface area contributed by atoms with Gasteiger partial charge in [0.25, 0.3) is 0 Å². The molecule has 0 aliphatic rings. The summed E-state index contributed by atoms with van der Waals surface area (Å²) in [4.78, 5) is 41.3. The Kier molecular flexibility index (Phi) is 11.8. The predicted molar refractivity (Wildman–Crippen MR) is 147 cm³/mol. The summed E-state index contributed by atoms with van der Waals surface area (Å²) < 4.78 is 5.32. The maximum atomic E-state index is 13.8. The third kappa shape index (κ3) is 9.64. The van der Waals surface area contributed by atoms with Crippen molar-refractivity contribution in [3.8, 4) is 5.75 Å². The Balaban J connectivity index is 2.41. The molecule has 3 N–H and O–H groups in total. The minimum atomic E-state index is -1.11. The number of ether oxygens (including phenoxy) is 1. The quantitative estimate of drug-likeness (QED) is 0.238. The van der Waals surface area contributed by atoms with Crippen molar-refractivity contribution < 1.29 is 24.2 Å². The maximum Gasteiger partial charge on any atom is 0.408 e. The molecule has 37 heavy (non-hydrogen) atoms. The van der Waals surface area contributed by atoms with Crippen LogP contribution < -0.4 is 10.6 Å². The van der Waals surface area contributed by atoms with Crippen LogP contribution in [-0.2, 0) is 20.9 Å². The second-order valence-corrected chi connectivity index (χ2v) is 10.2. The summed E-state index contributed by atoms with van der Waals surface area (Å²) in [6.45, 7) is 7.74. The molecule has 3 amide bonds. The van der Waals surface area contributed by atoms with Gasteiger partial charge in [0.15, 0.2) is 0 Å². The third-order valence-corrected chi connectivity index (χ3v) is 5.92. The number of amides is 3. The molecular weight excluding hydrogens is 490 g/mol. The Bertz CT molecular complexity index is 1030. The van der Waals surface area contributed by atoms with E-state index in [-0.39, 0.29) is 24.6 Å². The van der Waals surface area contributed by atoms with Gasteiger partial charge in [-0.25, -0.2) is 4.79 Å². The molecule has 8 nitrogen and oxygen atoms in total. The lowest BCUT2D eigenvalue weighted by atomic mass is 10.0. The highest BCUT2D eigenvalue weighted by Crippen LogP contribution is 2.30. The molecule has 0 aliphatic carbocycles. The molecule has 2 unspecified atom stereocenters. The highest BCUT2D eigenvalue weighted by Gasteiger charge is 2.36. The Morgan fingerprint density at radius 2 is 1.68 bits per heavy atom. The first-order chi connectivity index (χ1) is 17.6. The van der Waals surface area contributed by atoms with E-state index >= 15 is 0 Å². The van der Waals surface area contributed by atoms with E-state index in [0.29, 0.717) is 12.0 Å². The second kappa shape index (κ2) is 14.5. The summed E-state index contributed by atoms with van der Waals surface area (Å²) in [5.41, 5.74) is 0.453. The molecule has 0 bridgehead atoms. The molecule has 0 saturated carbocycles. The standard InChI is InChI=1S/C28H39N3O5S/c1-5-6-12-17-31(26(34)22(19-37)30-27(35)36-28(2,3)4)24(21-15-10-11-16-23(21)32)25(33)29-18-20-13-8-7-9-14-20/h7-11,13-16,22,24,32,37H,5-6,12,17-19H2,1-4H3,(H,29,33)(H,30,35). The zero-order valence-corrected chi connectivity index (χ0v) is 23.0. The maximum absolute atomic E-state index is 13.8. The van der Waals surface area contributed by atoms with Gasteiger partial charge in [-0.1, -0.05) is 68.3 Å². The van der Waals surface area contributed by atoms with E-state index in [4.69, 9.17) is 4.74 Å². The molecule has 2 aromatic carbocycles. The minimum Gasteiger partial charge on any atom is -0.508 e. The van der Waals surface area contributed by atoms with Gasteiger partial charge in [0, 0.05) is 24.4 Å². The van der Waals surface area contributed by atoms with Gasteiger partial charge in [0.2, 0.25) is 11.8 Å². The highest BCUT2D eigenvalue weighted by molar-refractivity contribution is 7.80. The highest BCUT2D eigenvalue weighted by atomic mass is 32.1. The van der Waals surface area contributed by atoms with Crippen molar-refractivity contribution in [1.29, 1.82) is 0 Å². The van der Waals surface area contributed by atoms with Crippen LogP contribution in [0.5, 0.6) is 5.75 Å². The fourth-order valence-electron chi connectivity index (χ4n) is 3.79.